The molecule has 0 bridgehead atoms. The average Bonchev–Trinajstić information content (AvgIpc) is 3.21. The van der Waals surface area contributed by atoms with E-state index in [0.29, 0.717) is 35.4 Å². The van der Waals surface area contributed by atoms with Crippen LogP contribution in [-0.4, -0.2) is 35.1 Å². The van der Waals surface area contributed by atoms with Crippen LogP contribution in [0.1, 0.15) is 36.8 Å². The van der Waals surface area contributed by atoms with Gasteiger partial charge in [-0.25, -0.2) is 0 Å². The summed E-state index contributed by atoms with van der Waals surface area (Å²) in [6.45, 7) is 5.89. The summed E-state index contributed by atoms with van der Waals surface area (Å²) in [5, 5.41) is 10.3. The SMILES string of the molecule is C=Cc1ccc(N2C(=O)C3CC=C4C(c5ccc(O)c(OCC)c5)C5=C(CC4C3C2=O)C(=O)C(Br)=CC5=O)cc1. The van der Waals surface area contributed by atoms with E-state index in [1.54, 1.807) is 49.4 Å². The number of hydrogen-bond acceptors (Lipinski definition) is 6. The van der Waals surface area contributed by atoms with Crippen LogP contribution in [0.15, 0.2) is 82.4 Å². The van der Waals surface area contributed by atoms with Crippen molar-refractivity contribution in [1.29, 1.82) is 0 Å². The van der Waals surface area contributed by atoms with Crippen molar-refractivity contribution < 1.29 is 29.0 Å². The van der Waals surface area contributed by atoms with Crippen molar-refractivity contribution in [2.45, 2.75) is 25.7 Å². The third-order valence-corrected chi connectivity index (χ3v) is 8.92. The first-order valence-corrected chi connectivity index (χ1v) is 14.0. The van der Waals surface area contributed by atoms with Crippen molar-refractivity contribution in [3.05, 3.63) is 93.5 Å². The Morgan fingerprint density at radius 3 is 2.52 bits per heavy atom. The summed E-state index contributed by atoms with van der Waals surface area (Å²) in [7, 11) is 0. The lowest BCUT2D eigenvalue weighted by molar-refractivity contribution is -0.123. The maximum Gasteiger partial charge on any atom is 0.238 e. The van der Waals surface area contributed by atoms with Gasteiger partial charge in [0.2, 0.25) is 11.8 Å². The molecule has 2 amide bonds. The Bertz CT molecular complexity index is 1600. The van der Waals surface area contributed by atoms with Crippen molar-refractivity contribution in [3.8, 4) is 11.5 Å². The number of ether oxygens (including phenoxy) is 1. The molecule has 1 heterocycles. The quantitative estimate of drug-likeness (QED) is 0.280. The Balaban J connectivity index is 1.47. The van der Waals surface area contributed by atoms with Gasteiger partial charge in [-0.05, 0) is 77.0 Å². The number of carbonyl (C=O) groups is 4. The van der Waals surface area contributed by atoms with E-state index in [2.05, 4.69) is 22.5 Å². The number of nitrogens with zero attached hydrogens (tertiary/aromatic N) is 1. The summed E-state index contributed by atoms with van der Waals surface area (Å²) in [4.78, 5) is 55.6. The van der Waals surface area contributed by atoms with E-state index >= 15 is 0 Å². The highest BCUT2D eigenvalue weighted by molar-refractivity contribution is 9.12. The van der Waals surface area contributed by atoms with E-state index in [0.717, 1.165) is 11.1 Å². The Morgan fingerprint density at radius 1 is 1.07 bits per heavy atom. The molecule has 7 nitrogen and oxygen atoms in total. The smallest absolute Gasteiger partial charge is 0.238 e. The number of anilines is 1. The Hall–Kier alpha value is -4.04. The highest BCUT2D eigenvalue weighted by Crippen LogP contribution is 2.56. The first-order chi connectivity index (χ1) is 19.2. The van der Waals surface area contributed by atoms with Crippen LogP contribution in [0.25, 0.3) is 6.08 Å². The maximum absolute atomic E-state index is 14.0. The lowest BCUT2D eigenvalue weighted by Crippen LogP contribution is -2.39. The van der Waals surface area contributed by atoms with Gasteiger partial charge in [0.05, 0.1) is 28.6 Å². The van der Waals surface area contributed by atoms with E-state index in [4.69, 9.17) is 4.74 Å². The van der Waals surface area contributed by atoms with Crippen LogP contribution in [0.3, 0.4) is 0 Å². The second kappa shape index (κ2) is 9.86. The molecule has 4 unspecified atom stereocenters. The lowest BCUT2D eigenvalue weighted by Gasteiger charge is -2.42. The summed E-state index contributed by atoms with van der Waals surface area (Å²) >= 11 is 3.24. The van der Waals surface area contributed by atoms with E-state index < -0.39 is 23.7 Å². The molecule has 0 radical (unpaired) electrons. The number of imide groups is 1. The summed E-state index contributed by atoms with van der Waals surface area (Å²) in [6.07, 6.45) is 5.48. The highest BCUT2D eigenvalue weighted by Gasteiger charge is 2.56. The van der Waals surface area contributed by atoms with Gasteiger partial charge in [-0.2, -0.15) is 0 Å². The Labute approximate surface area is 239 Å². The van der Waals surface area contributed by atoms with Crippen molar-refractivity contribution in [1.82, 2.24) is 0 Å². The number of halogens is 1. The molecular weight excluding hydrogens is 574 g/mol. The fourth-order valence-electron chi connectivity index (χ4n) is 6.58. The topological polar surface area (TPSA) is 101 Å². The number of phenols is 1. The second-order valence-electron chi connectivity index (χ2n) is 10.4. The molecule has 1 N–H and O–H groups in total. The Kier molecular flexibility index (Phi) is 6.45. The van der Waals surface area contributed by atoms with Gasteiger partial charge in [-0.15, -0.1) is 0 Å². The predicted octanol–water partition coefficient (Wildman–Crippen LogP) is 5.40. The fraction of sp³-hybridized carbons (Fsp3) is 0.250. The third kappa shape index (κ3) is 3.92. The van der Waals surface area contributed by atoms with Crippen molar-refractivity contribution in [2.24, 2.45) is 17.8 Å². The molecule has 1 saturated heterocycles. The number of rotatable bonds is 5. The zero-order valence-electron chi connectivity index (χ0n) is 21.7. The molecule has 0 spiro atoms. The van der Waals surface area contributed by atoms with E-state index in [1.807, 2.05) is 6.08 Å². The molecule has 4 aliphatic rings. The van der Waals surface area contributed by atoms with Crippen LogP contribution in [0.4, 0.5) is 5.69 Å². The third-order valence-electron chi connectivity index (χ3n) is 8.34. The number of hydrogen-bond donors (Lipinski definition) is 1. The van der Waals surface area contributed by atoms with Crippen molar-refractivity contribution >= 4 is 51.1 Å². The minimum Gasteiger partial charge on any atom is -0.504 e. The van der Waals surface area contributed by atoms with Crippen LogP contribution in [0.5, 0.6) is 11.5 Å². The van der Waals surface area contributed by atoms with Gasteiger partial charge in [-0.1, -0.05) is 42.5 Å². The van der Waals surface area contributed by atoms with E-state index in [-0.39, 0.29) is 45.8 Å². The number of carbonyl (C=O) groups excluding carboxylic acids is 4. The number of benzene rings is 2. The van der Waals surface area contributed by atoms with Gasteiger partial charge in [0.1, 0.15) is 0 Å². The first-order valence-electron chi connectivity index (χ1n) is 13.2. The van der Waals surface area contributed by atoms with Crippen LogP contribution >= 0.6 is 15.9 Å². The molecule has 1 aliphatic heterocycles. The number of aromatic hydroxyl groups is 1. The standard InChI is InChI=1S/C32H26BrNO6/c1-3-16-5-8-18(9-6-16)34-31(38)20-11-10-19-21(28(20)32(34)39)14-22-29(25(36)15-23(33)30(22)37)27(19)17-7-12-24(35)26(13-17)40-4-2/h3,5-10,12-13,15,20-21,27-28,35H,1,4,11,14H2,2H3. The largest absolute Gasteiger partial charge is 0.504 e. The molecule has 8 heteroatoms. The van der Waals surface area contributed by atoms with Crippen molar-refractivity contribution in [3.63, 3.8) is 0 Å². The fourth-order valence-corrected chi connectivity index (χ4v) is 7.03. The number of allylic oxidation sites excluding steroid dienone is 6. The second-order valence-corrected chi connectivity index (χ2v) is 11.2. The molecule has 0 saturated carbocycles. The zero-order valence-corrected chi connectivity index (χ0v) is 23.3. The highest BCUT2D eigenvalue weighted by atomic mass is 79.9. The molecule has 202 valence electrons. The summed E-state index contributed by atoms with van der Waals surface area (Å²) in [5.74, 6) is -3.20. The van der Waals surface area contributed by atoms with Gasteiger partial charge in [0.15, 0.2) is 23.1 Å². The number of ketones is 2. The molecule has 6 rings (SSSR count). The average molecular weight is 600 g/mol. The minimum atomic E-state index is -0.667. The van der Waals surface area contributed by atoms with Crippen LogP contribution in [-0.2, 0) is 19.2 Å². The molecule has 0 aromatic heterocycles. The molecule has 2 aromatic carbocycles. The first kappa shape index (κ1) is 26.2. The van der Waals surface area contributed by atoms with Crippen LogP contribution < -0.4 is 9.64 Å². The van der Waals surface area contributed by atoms with Gasteiger partial charge in [0.25, 0.3) is 0 Å². The molecule has 3 aliphatic carbocycles. The van der Waals surface area contributed by atoms with E-state index in [1.165, 1.54) is 17.0 Å². The molecular formula is C32H26BrNO6. The summed E-state index contributed by atoms with van der Waals surface area (Å²) < 4.78 is 5.79. The van der Waals surface area contributed by atoms with E-state index in [9.17, 15) is 24.3 Å². The number of Topliss-reactive ketones (excluding diaryl/α,β-unsaturated/α-hetero) is 1. The number of amides is 2. The van der Waals surface area contributed by atoms with Crippen molar-refractivity contribution in [2.75, 3.05) is 11.5 Å². The normalized spacial score (nSPS) is 25.7. The van der Waals surface area contributed by atoms with Gasteiger partial charge in [-0.3, -0.25) is 24.1 Å². The van der Waals surface area contributed by atoms with Gasteiger partial charge >= 0.3 is 0 Å². The lowest BCUT2D eigenvalue weighted by atomic mass is 9.59. The number of fused-ring (bicyclic) bond motifs is 3. The zero-order chi connectivity index (χ0) is 28.3. The maximum atomic E-state index is 14.0. The van der Waals surface area contributed by atoms with Gasteiger partial charge in [0, 0.05) is 23.1 Å². The number of phenolic OH excluding ortho intramolecular Hbond substituents is 1. The summed E-state index contributed by atoms with van der Waals surface area (Å²) in [6, 6.07) is 12.0. The minimum absolute atomic E-state index is 0.0341. The van der Waals surface area contributed by atoms with Crippen LogP contribution in [0.2, 0.25) is 0 Å². The predicted molar refractivity (Wildman–Crippen MR) is 153 cm³/mol. The van der Waals surface area contributed by atoms with Gasteiger partial charge < -0.3 is 9.84 Å². The molecule has 4 atom stereocenters. The van der Waals surface area contributed by atoms with Crippen LogP contribution in [0, 0.1) is 17.8 Å². The Morgan fingerprint density at radius 2 is 1.82 bits per heavy atom. The molecule has 40 heavy (non-hydrogen) atoms. The monoisotopic (exact) mass is 599 g/mol. The molecule has 2 aromatic rings. The summed E-state index contributed by atoms with van der Waals surface area (Å²) in [5.41, 5.74) is 3.61. The molecule has 1 fully saturated rings.